The maximum Gasteiger partial charge on any atom is 0.255 e. The van der Waals surface area contributed by atoms with Crippen LogP contribution in [0.4, 0.5) is 5.69 Å². The van der Waals surface area contributed by atoms with E-state index in [1.165, 1.54) is 5.56 Å². The molecule has 0 bridgehead atoms. The van der Waals surface area contributed by atoms with Gasteiger partial charge in [0.25, 0.3) is 5.91 Å². The highest BCUT2D eigenvalue weighted by atomic mass is 16.2. The van der Waals surface area contributed by atoms with Crippen molar-refractivity contribution in [3.8, 4) is 0 Å². The van der Waals surface area contributed by atoms with Gasteiger partial charge >= 0.3 is 0 Å². The van der Waals surface area contributed by atoms with Gasteiger partial charge in [-0.1, -0.05) is 60.7 Å². The third kappa shape index (κ3) is 5.90. The lowest BCUT2D eigenvalue weighted by Gasteiger charge is -2.19. The largest absolute Gasteiger partial charge is 0.349 e. The van der Waals surface area contributed by atoms with Crippen molar-refractivity contribution in [2.75, 3.05) is 18.4 Å². The zero-order chi connectivity index (χ0) is 23.9. The number of benzene rings is 3. The number of anilines is 1. The normalized spacial score (nSPS) is 16.2. The van der Waals surface area contributed by atoms with E-state index in [-0.39, 0.29) is 36.1 Å². The molecule has 34 heavy (non-hydrogen) atoms. The smallest absolute Gasteiger partial charge is 0.255 e. The number of carbonyl (C=O) groups excluding carboxylic acids is 3. The number of hydrogen-bond acceptors (Lipinski definition) is 3. The summed E-state index contributed by atoms with van der Waals surface area (Å²) in [6, 6.07) is 26.2. The number of amides is 3. The SMILES string of the molecule is CC(NC(=O)C1CC(=O)N(CCc2ccccc2)C1)c1cccc(NC(=O)c2ccccc2)c1. The van der Waals surface area contributed by atoms with E-state index in [2.05, 4.69) is 10.6 Å². The van der Waals surface area contributed by atoms with Crippen molar-refractivity contribution in [2.45, 2.75) is 25.8 Å². The molecule has 1 aliphatic heterocycles. The predicted molar refractivity (Wildman–Crippen MR) is 132 cm³/mol. The maximum absolute atomic E-state index is 12.9. The summed E-state index contributed by atoms with van der Waals surface area (Å²) in [6.07, 6.45) is 1.01. The van der Waals surface area contributed by atoms with Crippen molar-refractivity contribution in [3.05, 3.63) is 102 Å². The first kappa shape index (κ1) is 23.2. The van der Waals surface area contributed by atoms with Crippen LogP contribution in [0.3, 0.4) is 0 Å². The fourth-order valence-corrected chi connectivity index (χ4v) is 4.17. The van der Waals surface area contributed by atoms with E-state index in [1.54, 1.807) is 17.0 Å². The van der Waals surface area contributed by atoms with Gasteiger partial charge in [-0.05, 0) is 48.7 Å². The summed E-state index contributed by atoms with van der Waals surface area (Å²) in [6.45, 7) is 2.96. The Balaban J connectivity index is 1.31. The molecule has 3 amide bonds. The first-order valence-corrected chi connectivity index (χ1v) is 11.6. The molecule has 1 saturated heterocycles. The van der Waals surface area contributed by atoms with Crippen LogP contribution < -0.4 is 10.6 Å². The molecule has 6 nitrogen and oxygen atoms in total. The molecule has 0 saturated carbocycles. The molecule has 174 valence electrons. The number of carbonyl (C=O) groups is 3. The second-order valence-electron chi connectivity index (χ2n) is 8.65. The summed E-state index contributed by atoms with van der Waals surface area (Å²) in [4.78, 5) is 39.5. The summed E-state index contributed by atoms with van der Waals surface area (Å²) in [5.41, 5.74) is 3.30. The lowest BCUT2D eigenvalue weighted by Crippen LogP contribution is -2.35. The van der Waals surface area contributed by atoms with E-state index >= 15 is 0 Å². The molecule has 0 aromatic heterocycles. The van der Waals surface area contributed by atoms with Crippen LogP contribution in [0.25, 0.3) is 0 Å². The summed E-state index contributed by atoms with van der Waals surface area (Å²) in [7, 11) is 0. The van der Waals surface area contributed by atoms with E-state index in [1.807, 2.05) is 79.7 Å². The van der Waals surface area contributed by atoms with Gasteiger partial charge < -0.3 is 15.5 Å². The Morgan fingerprint density at radius 2 is 1.68 bits per heavy atom. The highest BCUT2D eigenvalue weighted by molar-refractivity contribution is 6.04. The summed E-state index contributed by atoms with van der Waals surface area (Å²) in [5.74, 6) is -0.641. The van der Waals surface area contributed by atoms with Gasteiger partial charge in [0.05, 0.1) is 12.0 Å². The Labute approximate surface area is 200 Å². The molecular formula is C28H29N3O3. The van der Waals surface area contributed by atoms with Crippen molar-refractivity contribution >= 4 is 23.4 Å². The minimum Gasteiger partial charge on any atom is -0.349 e. The number of nitrogens with zero attached hydrogens (tertiary/aromatic N) is 1. The van der Waals surface area contributed by atoms with E-state index in [4.69, 9.17) is 0 Å². The Morgan fingerprint density at radius 3 is 2.41 bits per heavy atom. The molecule has 0 spiro atoms. The third-order valence-electron chi connectivity index (χ3n) is 6.14. The van der Waals surface area contributed by atoms with Gasteiger partial charge in [-0.15, -0.1) is 0 Å². The minimum absolute atomic E-state index is 0.0226. The van der Waals surface area contributed by atoms with Crippen LogP contribution in [0, 0.1) is 5.92 Å². The molecule has 1 aliphatic rings. The van der Waals surface area contributed by atoms with Gasteiger partial charge in [0, 0.05) is 30.8 Å². The third-order valence-corrected chi connectivity index (χ3v) is 6.14. The second kappa shape index (κ2) is 10.8. The quantitative estimate of drug-likeness (QED) is 0.534. The fraction of sp³-hybridized carbons (Fsp3) is 0.250. The fourth-order valence-electron chi connectivity index (χ4n) is 4.17. The lowest BCUT2D eigenvalue weighted by molar-refractivity contribution is -0.129. The highest BCUT2D eigenvalue weighted by Crippen LogP contribution is 2.22. The van der Waals surface area contributed by atoms with E-state index < -0.39 is 0 Å². The molecule has 0 aliphatic carbocycles. The number of rotatable bonds is 8. The molecule has 1 heterocycles. The van der Waals surface area contributed by atoms with Gasteiger partial charge in [-0.3, -0.25) is 14.4 Å². The summed E-state index contributed by atoms with van der Waals surface area (Å²) >= 11 is 0. The molecule has 2 N–H and O–H groups in total. The lowest BCUT2D eigenvalue weighted by atomic mass is 10.0. The Bertz CT molecular complexity index is 1150. The molecule has 2 unspecified atom stereocenters. The number of hydrogen-bond donors (Lipinski definition) is 2. The standard InChI is InChI=1S/C28H29N3O3/c1-20(23-13-8-14-25(17-23)30-27(33)22-11-6-3-7-12-22)29-28(34)24-18-26(32)31(19-24)16-15-21-9-4-2-5-10-21/h2-14,17,20,24H,15-16,18-19H2,1H3,(H,29,34)(H,30,33). The average Bonchev–Trinajstić information content (AvgIpc) is 3.24. The summed E-state index contributed by atoms with van der Waals surface area (Å²) < 4.78 is 0. The molecule has 3 aromatic rings. The van der Waals surface area contributed by atoms with Gasteiger partial charge in [0.2, 0.25) is 11.8 Å². The van der Waals surface area contributed by atoms with Crippen molar-refractivity contribution < 1.29 is 14.4 Å². The average molecular weight is 456 g/mol. The maximum atomic E-state index is 12.9. The van der Waals surface area contributed by atoms with Crippen LogP contribution in [-0.4, -0.2) is 35.7 Å². The van der Waals surface area contributed by atoms with Gasteiger partial charge in [0.15, 0.2) is 0 Å². The first-order chi connectivity index (χ1) is 16.5. The minimum atomic E-state index is -0.355. The van der Waals surface area contributed by atoms with Gasteiger partial charge in [-0.2, -0.15) is 0 Å². The molecule has 0 radical (unpaired) electrons. The molecule has 1 fully saturated rings. The van der Waals surface area contributed by atoms with E-state index in [9.17, 15) is 14.4 Å². The molecular weight excluding hydrogens is 426 g/mol. The molecule has 6 heteroatoms. The Morgan fingerprint density at radius 1 is 0.971 bits per heavy atom. The predicted octanol–water partition coefficient (Wildman–Crippen LogP) is 4.21. The molecule has 4 rings (SSSR count). The van der Waals surface area contributed by atoms with Crippen LogP contribution in [0.5, 0.6) is 0 Å². The monoisotopic (exact) mass is 455 g/mol. The molecule has 2 atom stereocenters. The zero-order valence-corrected chi connectivity index (χ0v) is 19.2. The van der Waals surface area contributed by atoms with Crippen LogP contribution in [0.1, 0.15) is 40.9 Å². The van der Waals surface area contributed by atoms with Crippen molar-refractivity contribution in [1.29, 1.82) is 0 Å². The van der Waals surface area contributed by atoms with Crippen molar-refractivity contribution in [1.82, 2.24) is 10.2 Å². The van der Waals surface area contributed by atoms with Crippen LogP contribution >= 0.6 is 0 Å². The Kier molecular flexibility index (Phi) is 7.38. The van der Waals surface area contributed by atoms with E-state index in [0.717, 1.165) is 12.0 Å². The zero-order valence-electron chi connectivity index (χ0n) is 19.2. The van der Waals surface area contributed by atoms with Crippen molar-refractivity contribution in [2.24, 2.45) is 5.92 Å². The van der Waals surface area contributed by atoms with Crippen LogP contribution in [-0.2, 0) is 16.0 Å². The van der Waals surface area contributed by atoms with E-state index in [0.29, 0.717) is 24.3 Å². The summed E-state index contributed by atoms with van der Waals surface area (Å²) in [5, 5.41) is 5.93. The van der Waals surface area contributed by atoms with Gasteiger partial charge in [-0.25, -0.2) is 0 Å². The Hall–Kier alpha value is -3.93. The number of nitrogens with one attached hydrogen (secondary N) is 2. The number of likely N-dealkylation sites (tertiary alicyclic amines) is 1. The molecule has 3 aromatic carbocycles. The first-order valence-electron chi connectivity index (χ1n) is 11.6. The second-order valence-corrected chi connectivity index (χ2v) is 8.65. The van der Waals surface area contributed by atoms with Crippen LogP contribution in [0.15, 0.2) is 84.9 Å². The van der Waals surface area contributed by atoms with Gasteiger partial charge in [0.1, 0.15) is 0 Å². The topological polar surface area (TPSA) is 78.5 Å². The highest BCUT2D eigenvalue weighted by Gasteiger charge is 2.34. The van der Waals surface area contributed by atoms with Crippen molar-refractivity contribution in [3.63, 3.8) is 0 Å². The van der Waals surface area contributed by atoms with Crippen LogP contribution in [0.2, 0.25) is 0 Å².